The highest BCUT2D eigenvalue weighted by atomic mass is 35.5. The van der Waals surface area contributed by atoms with Gasteiger partial charge in [-0.25, -0.2) is 18.7 Å². The highest BCUT2D eigenvalue weighted by Crippen LogP contribution is 2.34. The normalized spacial score (nSPS) is 14.4. The molecule has 1 fully saturated rings. The van der Waals surface area contributed by atoms with Gasteiger partial charge in [-0.05, 0) is 24.6 Å². The molecule has 0 radical (unpaired) electrons. The molecule has 1 aliphatic rings. The van der Waals surface area contributed by atoms with E-state index < -0.39 is 41.7 Å². The van der Waals surface area contributed by atoms with E-state index in [1.165, 1.54) is 4.57 Å². The average Bonchev–Trinajstić information content (AvgIpc) is 2.86. The van der Waals surface area contributed by atoms with Crippen LogP contribution >= 0.6 is 11.6 Å². The first-order valence-electron chi connectivity index (χ1n) is 11.3. The average molecular weight is 545 g/mol. The fourth-order valence-corrected chi connectivity index (χ4v) is 4.45. The molecule has 1 aromatic carbocycles. The largest absolute Gasteiger partial charge is 0.416 e. The topological polar surface area (TPSA) is 92.2 Å². The molecule has 0 saturated carbocycles. The lowest BCUT2D eigenvalue weighted by molar-refractivity contribution is -0.137. The summed E-state index contributed by atoms with van der Waals surface area (Å²) in [5.74, 6) is -0.674. The highest BCUT2D eigenvalue weighted by molar-refractivity contribution is 6.33. The molecule has 1 amide bonds. The van der Waals surface area contributed by atoms with Gasteiger partial charge in [0.2, 0.25) is 11.3 Å². The van der Waals surface area contributed by atoms with Crippen molar-refractivity contribution in [3.63, 3.8) is 0 Å². The van der Waals surface area contributed by atoms with E-state index in [1.54, 1.807) is 6.92 Å². The number of anilines is 2. The van der Waals surface area contributed by atoms with Gasteiger partial charge in [0.05, 0.1) is 22.5 Å². The minimum Gasteiger partial charge on any atom is -0.364 e. The predicted octanol–water partition coefficient (Wildman–Crippen LogP) is 4.01. The van der Waals surface area contributed by atoms with Gasteiger partial charge in [-0.2, -0.15) is 13.2 Å². The Labute approximate surface area is 212 Å². The number of carbonyl (C=O) groups excluding carboxylic acids is 1. The number of rotatable bonds is 6. The van der Waals surface area contributed by atoms with Crippen LogP contribution in [0.15, 0.2) is 29.2 Å². The molecule has 4 rings (SSSR count). The van der Waals surface area contributed by atoms with E-state index in [9.17, 15) is 31.5 Å². The van der Waals surface area contributed by atoms with Crippen LogP contribution in [0.2, 0.25) is 5.02 Å². The molecule has 0 unspecified atom stereocenters. The van der Waals surface area contributed by atoms with Crippen LogP contribution in [0.3, 0.4) is 0 Å². The van der Waals surface area contributed by atoms with E-state index in [0.717, 1.165) is 18.3 Å². The van der Waals surface area contributed by atoms with Gasteiger partial charge in [0.15, 0.2) is 11.2 Å². The smallest absolute Gasteiger partial charge is 0.364 e. The van der Waals surface area contributed by atoms with Crippen LogP contribution in [0, 0.1) is 0 Å². The standard InChI is InChI=1S/C23H22ClF5N6O2/c1-2-16-19(34-7-5-30-6-8-34)20(37)18-22(31-10-15(33-18)21(25)26)35(16)11-17(36)32-14-4-3-12(9-13(14)24)23(27,28)29/h3-4,9-10,21,30H,2,5-8,11H2,1H3,(H,32,36). The van der Waals surface area contributed by atoms with Gasteiger partial charge in [0.25, 0.3) is 6.43 Å². The molecule has 14 heteroatoms. The van der Waals surface area contributed by atoms with E-state index in [1.807, 2.05) is 4.90 Å². The Kier molecular flexibility index (Phi) is 7.64. The SMILES string of the molecule is CCc1c(N2CCNCC2)c(=O)c2nc(C(F)F)cnc2n1CC(=O)Nc1ccc(C(F)(F)F)cc1Cl. The van der Waals surface area contributed by atoms with Crippen LogP contribution < -0.4 is 21.0 Å². The van der Waals surface area contributed by atoms with E-state index in [2.05, 4.69) is 20.6 Å². The minimum atomic E-state index is -4.60. The van der Waals surface area contributed by atoms with E-state index >= 15 is 0 Å². The summed E-state index contributed by atoms with van der Waals surface area (Å²) in [6.45, 7) is 3.49. The zero-order chi connectivity index (χ0) is 26.9. The second-order valence-electron chi connectivity index (χ2n) is 8.31. The van der Waals surface area contributed by atoms with E-state index in [0.29, 0.717) is 44.4 Å². The quantitative estimate of drug-likeness (QED) is 0.456. The molecule has 1 aliphatic heterocycles. The van der Waals surface area contributed by atoms with Gasteiger partial charge in [-0.15, -0.1) is 0 Å². The third-order valence-electron chi connectivity index (χ3n) is 5.92. The van der Waals surface area contributed by atoms with Crippen LogP contribution in [0.5, 0.6) is 0 Å². The summed E-state index contributed by atoms with van der Waals surface area (Å²) in [4.78, 5) is 36.1. The van der Waals surface area contributed by atoms with Crippen molar-refractivity contribution < 1.29 is 26.7 Å². The number of hydrogen-bond acceptors (Lipinski definition) is 6. The van der Waals surface area contributed by atoms with Crippen molar-refractivity contribution in [3.8, 4) is 0 Å². The van der Waals surface area contributed by atoms with Crippen LogP contribution in [-0.4, -0.2) is 46.6 Å². The van der Waals surface area contributed by atoms with Gasteiger partial charge in [0.1, 0.15) is 17.9 Å². The summed E-state index contributed by atoms with van der Waals surface area (Å²) in [5.41, 5.74) is -1.91. The molecule has 0 aliphatic carbocycles. The molecule has 2 aromatic heterocycles. The number of amides is 1. The number of pyridine rings is 1. The van der Waals surface area contributed by atoms with Crippen LogP contribution in [0.1, 0.15) is 30.3 Å². The molecule has 0 atom stereocenters. The lowest BCUT2D eigenvalue weighted by Crippen LogP contribution is -2.46. The molecule has 2 N–H and O–H groups in total. The Morgan fingerprint density at radius 2 is 1.95 bits per heavy atom. The van der Waals surface area contributed by atoms with Gasteiger partial charge in [0, 0.05) is 31.9 Å². The first kappa shape index (κ1) is 26.7. The van der Waals surface area contributed by atoms with Gasteiger partial charge in [-0.1, -0.05) is 18.5 Å². The van der Waals surface area contributed by atoms with Crippen molar-refractivity contribution in [2.75, 3.05) is 36.4 Å². The molecule has 0 spiro atoms. The van der Waals surface area contributed by atoms with Crippen molar-refractivity contribution in [1.29, 1.82) is 0 Å². The number of alkyl halides is 5. The maximum absolute atomic E-state index is 13.4. The number of nitrogens with one attached hydrogen (secondary N) is 2. The Balaban J connectivity index is 1.78. The number of fused-ring (bicyclic) bond motifs is 1. The third kappa shape index (κ3) is 5.52. The van der Waals surface area contributed by atoms with Gasteiger partial charge >= 0.3 is 6.18 Å². The number of benzene rings is 1. The number of carbonyl (C=O) groups is 1. The van der Waals surface area contributed by atoms with Crippen molar-refractivity contribution in [2.45, 2.75) is 32.5 Å². The first-order valence-corrected chi connectivity index (χ1v) is 11.7. The summed E-state index contributed by atoms with van der Waals surface area (Å²) >= 11 is 5.96. The highest BCUT2D eigenvalue weighted by Gasteiger charge is 2.31. The maximum atomic E-state index is 13.4. The summed E-state index contributed by atoms with van der Waals surface area (Å²) in [6, 6.07) is 2.52. The molecular weight excluding hydrogens is 523 g/mol. The molecule has 8 nitrogen and oxygen atoms in total. The van der Waals surface area contributed by atoms with Crippen molar-refractivity contribution in [2.24, 2.45) is 0 Å². The molecule has 37 heavy (non-hydrogen) atoms. The second-order valence-corrected chi connectivity index (χ2v) is 8.72. The lowest BCUT2D eigenvalue weighted by atomic mass is 10.1. The van der Waals surface area contributed by atoms with Gasteiger partial charge < -0.3 is 20.1 Å². The summed E-state index contributed by atoms with van der Waals surface area (Å²) in [6.07, 6.45) is -6.41. The second kappa shape index (κ2) is 10.6. The fraction of sp³-hybridized carbons (Fsp3) is 0.391. The van der Waals surface area contributed by atoms with Gasteiger partial charge in [-0.3, -0.25) is 9.59 Å². The molecule has 3 aromatic rings. The Hall–Kier alpha value is -3.32. The lowest BCUT2D eigenvalue weighted by Gasteiger charge is -2.31. The maximum Gasteiger partial charge on any atom is 0.416 e. The summed E-state index contributed by atoms with van der Waals surface area (Å²) in [7, 11) is 0. The van der Waals surface area contributed by atoms with Crippen molar-refractivity contribution >= 4 is 40.0 Å². The third-order valence-corrected chi connectivity index (χ3v) is 6.23. The number of piperazine rings is 1. The van der Waals surface area contributed by atoms with Crippen molar-refractivity contribution in [1.82, 2.24) is 19.9 Å². The number of hydrogen-bond donors (Lipinski definition) is 2. The van der Waals surface area contributed by atoms with Crippen molar-refractivity contribution in [3.05, 3.63) is 56.6 Å². The zero-order valence-corrected chi connectivity index (χ0v) is 20.3. The molecular formula is C23H22ClF5N6O2. The number of nitrogens with zero attached hydrogens (tertiary/aromatic N) is 4. The van der Waals surface area contributed by atoms with E-state index in [4.69, 9.17) is 11.6 Å². The number of halogens is 6. The summed E-state index contributed by atoms with van der Waals surface area (Å²) < 4.78 is 66.9. The minimum absolute atomic E-state index is 0.0449. The summed E-state index contributed by atoms with van der Waals surface area (Å²) in [5, 5.41) is 5.32. The monoisotopic (exact) mass is 544 g/mol. The van der Waals surface area contributed by atoms with Crippen LogP contribution in [-0.2, 0) is 23.9 Å². The Morgan fingerprint density at radius 1 is 1.24 bits per heavy atom. The van der Waals surface area contributed by atoms with Crippen LogP contribution in [0.4, 0.5) is 33.3 Å². The molecule has 198 valence electrons. The first-order chi connectivity index (χ1) is 17.5. The van der Waals surface area contributed by atoms with E-state index in [-0.39, 0.29) is 27.6 Å². The Morgan fingerprint density at radius 3 is 2.54 bits per heavy atom. The molecule has 3 heterocycles. The van der Waals surface area contributed by atoms with Crippen LogP contribution in [0.25, 0.3) is 11.2 Å². The Bertz CT molecular complexity index is 1390. The molecule has 1 saturated heterocycles. The molecule has 0 bridgehead atoms. The zero-order valence-electron chi connectivity index (χ0n) is 19.5. The fourth-order valence-electron chi connectivity index (χ4n) is 4.22. The number of aromatic nitrogens is 3. The predicted molar refractivity (Wildman–Crippen MR) is 128 cm³/mol.